The number of alkyl halides is 6. The molecule has 1 aliphatic carbocycles. The Bertz CT molecular complexity index is 548. The Labute approximate surface area is 112 Å². The summed E-state index contributed by atoms with van der Waals surface area (Å²) in [6.07, 6.45) is -10.6. The zero-order valence-electron chi connectivity index (χ0n) is 9.79. The number of carboxylic acids is 2. The van der Waals surface area contributed by atoms with Gasteiger partial charge in [0.15, 0.2) is 0 Å². The Morgan fingerprint density at radius 3 is 1.81 bits per heavy atom. The SMILES string of the molecule is O=C(O)C1=CC(=C(C(F)(F)F)C(F)(F)F)C(C(=O)O)C=C1. The standard InChI is InChI=1S/C11H6F6O4/c12-10(13,14)7(11(15,16)17)6-3-4(8(18)19)1-2-5(6)9(20)21/h1-3,5H,(H,18,19)(H,20,21). The lowest BCUT2D eigenvalue weighted by Crippen LogP contribution is -2.31. The predicted molar refractivity (Wildman–Crippen MR) is 55.1 cm³/mol. The lowest BCUT2D eigenvalue weighted by Gasteiger charge is -2.23. The van der Waals surface area contributed by atoms with Gasteiger partial charge in [0, 0.05) is 0 Å². The molecule has 1 rings (SSSR count). The summed E-state index contributed by atoms with van der Waals surface area (Å²) in [7, 11) is 0. The summed E-state index contributed by atoms with van der Waals surface area (Å²) in [4.78, 5) is 21.4. The molecule has 0 aromatic heterocycles. The molecule has 0 saturated heterocycles. The third kappa shape index (κ3) is 3.64. The fourth-order valence-electron chi connectivity index (χ4n) is 1.67. The van der Waals surface area contributed by atoms with E-state index in [-0.39, 0.29) is 6.08 Å². The quantitative estimate of drug-likeness (QED) is 0.768. The van der Waals surface area contributed by atoms with Crippen LogP contribution in [0.2, 0.25) is 0 Å². The highest BCUT2D eigenvalue weighted by Crippen LogP contribution is 2.44. The van der Waals surface area contributed by atoms with Crippen molar-refractivity contribution in [1.82, 2.24) is 0 Å². The molecule has 0 fully saturated rings. The number of allylic oxidation sites excluding steroid dienone is 2. The van der Waals surface area contributed by atoms with Gasteiger partial charge in [-0.05, 0) is 11.6 Å². The number of carbonyl (C=O) groups is 2. The van der Waals surface area contributed by atoms with Crippen molar-refractivity contribution in [3.05, 3.63) is 34.9 Å². The molecule has 116 valence electrons. The van der Waals surface area contributed by atoms with E-state index in [1.807, 2.05) is 0 Å². The van der Waals surface area contributed by atoms with E-state index in [4.69, 9.17) is 10.2 Å². The molecule has 0 bridgehead atoms. The van der Waals surface area contributed by atoms with Crippen LogP contribution in [0.15, 0.2) is 34.9 Å². The van der Waals surface area contributed by atoms with Crippen molar-refractivity contribution in [2.45, 2.75) is 12.4 Å². The van der Waals surface area contributed by atoms with E-state index >= 15 is 0 Å². The van der Waals surface area contributed by atoms with Crippen molar-refractivity contribution in [3.8, 4) is 0 Å². The second-order valence-electron chi connectivity index (χ2n) is 3.91. The first kappa shape index (κ1) is 16.8. The molecule has 2 N–H and O–H groups in total. The summed E-state index contributed by atoms with van der Waals surface area (Å²) < 4.78 is 75.6. The number of halogens is 6. The Hall–Kier alpha value is -2.26. The van der Waals surface area contributed by atoms with Gasteiger partial charge in [0.25, 0.3) is 0 Å². The minimum absolute atomic E-state index is 0.0669. The van der Waals surface area contributed by atoms with Crippen LogP contribution in [-0.4, -0.2) is 34.5 Å². The van der Waals surface area contributed by atoms with Crippen LogP contribution in [0.25, 0.3) is 0 Å². The van der Waals surface area contributed by atoms with E-state index < -0.39 is 46.9 Å². The first-order valence-corrected chi connectivity index (χ1v) is 5.10. The third-order valence-electron chi connectivity index (χ3n) is 2.48. The zero-order chi connectivity index (χ0) is 16.6. The summed E-state index contributed by atoms with van der Waals surface area (Å²) in [5.41, 5.74) is -5.58. The number of hydrogen-bond donors (Lipinski definition) is 2. The van der Waals surface area contributed by atoms with Crippen molar-refractivity contribution >= 4 is 11.9 Å². The number of rotatable bonds is 2. The van der Waals surface area contributed by atoms with E-state index in [1.165, 1.54) is 0 Å². The average molecular weight is 316 g/mol. The molecule has 1 aliphatic rings. The average Bonchev–Trinajstić information content (AvgIpc) is 2.24. The minimum atomic E-state index is -5.88. The third-order valence-corrected chi connectivity index (χ3v) is 2.48. The Morgan fingerprint density at radius 2 is 1.48 bits per heavy atom. The minimum Gasteiger partial charge on any atom is -0.481 e. The van der Waals surface area contributed by atoms with Crippen LogP contribution < -0.4 is 0 Å². The number of hydrogen-bond acceptors (Lipinski definition) is 2. The first-order chi connectivity index (χ1) is 9.35. The number of carboxylic acid groups (broad SMARTS) is 2. The molecule has 21 heavy (non-hydrogen) atoms. The molecule has 0 radical (unpaired) electrons. The topological polar surface area (TPSA) is 74.6 Å². The first-order valence-electron chi connectivity index (χ1n) is 5.10. The molecule has 0 heterocycles. The van der Waals surface area contributed by atoms with Crippen molar-refractivity contribution in [2.24, 2.45) is 5.92 Å². The summed E-state index contributed by atoms with van der Waals surface area (Å²) in [6.45, 7) is 0. The highest BCUT2D eigenvalue weighted by atomic mass is 19.4. The monoisotopic (exact) mass is 316 g/mol. The van der Waals surface area contributed by atoms with Crippen molar-refractivity contribution in [2.75, 3.05) is 0 Å². The van der Waals surface area contributed by atoms with Gasteiger partial charge >= 0.3 is 24.3 Å². The lowest BCUT2D eigenvalue weighted by molar-refractivity contribution is -0.173. The molecule has 0 amide bonds. The van der Waals surface area contributed by atoms with E-state index in [0.717, 1.165) is 0 Å². The van der Waals surface area contributed by atoms with Gasteiger partial charge in [-0.2, -0.15) is 26.3 Å². The predicted octanol–water partition coefficient (Wildman–Crippen LogP) is 2.69. The Morgan fingerprint density at radius 1 is 1.00 bits per heavy atom. The molecule has 1 atom stereocenters. The van der Waals surface area contributed by atoms with Crippen LogP contribution in [0.5, 0.6) is 0 Å². The molecular formula is C11H6F6O4. The van der Waals surface area contributed by atoms with Gasteiger partial charge in [0.2, 0.25) is 0 Å². The van der Waals surface area contributed by atoms with Gasteiger partial charge in [0.1, 0.15) is 11.5 Å². The van der Waals surface area contributed by atoms with E-state index in [2.05, 4.69) is 0 Å². The van der Waals surface area contributed by atoms with Crippen LogP contribution in [0.1, 0.15) is 0 Å². The maximum absolute atomic E-state index is 12.6. The van der Waals surface area contributed by atoms with E-state index in [1.54, 1.807) is 0 Å². The highest BCUT2D eigenvalue weighted by Gasteiger charge is 2.54. The lowest BCUT2D eigenvalue weighted by atomic mass is 9.87. The normalized spacial score (nSPS) is 19.2. The molecule has 0 saturated carbocycles. The van der Waals surface area contributed by atoms with Crippen LogP contribution in [0.4, 0.5) is 26.3 Å². The van der Waals surface area contributed by atoms with E-state index in [9.17, 15) is 35.9 Å². The van der Waals surface area contributed by atoms with Gasteiger partial charge in [-0.15, -0.1) is 0 Å². The maximum Gasteiger partial charge on any atom is 0.421 e. The van der Waals surface area contributed by atoms with Gasteiger partial charge in [-0.25, -0.2) is 4.79 Å². The van der Waals surface area contributed by atoms with Crippen LogP contribution >= 0.6 is 0 Å². The Kier molecular flexibility index (Phi) is 4.21. The summed E-state index contributed by atoms with van der Waals surface area (Å²) in [5.74, 6) is -5.99. The van der Waals surface area contributed by atoms with E-state index in [0.29, 0.717) is 12.2 Å². The van der Waals surface area contributed by atoms with Crippen LogP contribution in [0.3, 0.4) is 0 Å². The smallest absolute Gasteiger partial charge is 0.421 e. The van der Waals surface area contributed by atoms with Crippen LogP contribution in [-0.2, 0) is 9.59 Å². The summed E-state index contributed by atoms with van der Waals surface area (Å²) in [5, 5.41) is 17.3. The highest BCUT2D eigenvalue weighted by molar-refractivity contribution is 5.93. The van der Waals surface area contributed by atoms with Crippen molar-refractivity contribution < 1.29 is 46.1 Å². The molecule has 4 nitrogen and oxygen atoms in total. The second-order valence-corrected chi connectivity index (χ2v) is 3.91. The summed E-state index contributed by atoms with van der Waals surface area (Å²) >= 11 is 0. The van der Waals surface area contributed by atoms with Gasteiger partial charge in [0.05, 0.1) is 5.57 Å². The van der Waals surface area contributed by atoms with Gasteiger partial charge < -0.3 is 10.2 Å². The molecular weight excluding hydrogens is 310 g/mol. The fourth-order valence-corrected chi connectivity index (χ4v) is 1.67. The zero-order valence-corrected chi connectivity index (χ0v) is 9.79. The van der Waals surface area contributed by atoms with Gasteiger partial charge in [-0.3, -0.25) is 4.79 Å². The molecule has 1 unspecified atom stereocenters. The van der Waals surface area contributed by atoms with Crippen LogP contribution in [0, 0.1) is 5.92 Å². The van der Waals surface area contributed by atoms with Gasteiger partial charge in [-0.1, -0.05) is 12.2 Å². The second kappa shape index (κ2) is 5.26. The van der Waals surface area contributed by atoms with Crippen molar-refractivity contribution in [3.63, 3.8) is 0 Å². The number of aliphatic carboxylic acids is 2. The summed E-state index contributed by atoms with van der Waals surface area (Å²) in [6, 6.07) is 0. The molecule has 0 aliphatic heterocycles. The molecule has 10 heteroatoms. The maximum atomic E-state index is 12.6. The Balaban J connectivity index is 3.68. The molecule has 0 aromatic rings. The fraction of sp³-hybridized carbons (Fsp3) is 0.273. The molecule has 0 spiro atoms. The molecule has 0 aromatic carbocycles. The largest absolute Gasteiger partial charge is 0.481 e. The van der Waals surface area contributed by atoms with Crippen molar-refractivity contribution in [1.29, 1.82) is 0 Å².